The van der Waals surface area contributed by atoms with Crippen LogP contribution in [0.25, 0.3) is 0 Å². The average Bonchev–Trinajstić information content (AvgIpc) is 2.48. The molecule has 116 valence electrons. The van der Waals surface area contributed by atoms with Gasteiger partial charge in [-0.3, -0.25) is 0 Å². The molecular formula is C14H25N7. The highest BCUT2D eigenvalue weighted by atomic mass is 15.3. The lowest BCUT2D eigenvalue weighted by molar-refractivity contribution is 0.310. The highest BCUT2D eigenvalue weighted by Gasteiger charge is 2.20. The Labute approximate surface area is 126 Å². The molecule has 21 heavy (non-hydrogen) atoms. The molecular weight excluding hydrogens is 266 g/mol. The van der Waals surface area contributed by atoms with Crippen LogP contribution in [0.3, 0.4) is 0 Å². The number of nitrogens with zero attached hydrogens (tertiary/aromatic N) is 6. The number of nitrogens with two attached hydrogens (primary N) is 1. The summed E-state index contributed by atoms with van der Waals surface area (Å²) < 4.78 is 0. The molecule has 2 aliphatic rings. The van der Waals surface area contributed by atoms with Crippen molar-refractivity contribution in [3.8, 4) is 0 Å². The molecule has 3 rings (SSSR count). The van der Waals surface area contributed by atoms with Gasteiger partial charge in [0, 0.05) is 58.4 Å². The fourth-order valence-corrected chi connectivity index (χ4v) is 2.83. The van der Waals surface area contributed by atoms with Gasteiger partial charge in [0.2, 0.25) is 5.95 Å². The van der Waals surface area contributed by atoms with Gasteiger partial charge in [0.15, 0.2) is 0 Å². The molecule has 0 radical (unpaired) electrons. The van der Waals surface area contributed by atoms with Gasteiger partial charge in [-0.25, -0.2) is 0 Å². The number of nitrogen functional groups attached to an aromatic ring is 1. The molecule has 1 aromatic heterocycles. The summed E-state index contributed by atoms with van der Waals surface area (Å²) in [6, 6.07) is 2.09. The first-order chi connectivity index (χ1) is 10.1. The van der Waals surface area contributed by atoms with E-state index >= 15 is 0 Å². The fourth-order valence-electron chi connectivity index (χ4n) is 2.83. The molecule has 0 unspecified atom stereocenters. The molecule has 1 aromatic rings. The maximum Gasteiger partial charge on any atom is 0.223 e. The number of hydrogen-bond donors (Lipinski definition) is 1. The fraction of sp³-hybridized carbons (Fsp3) is 0.714. The minimum absolute atomic E-state index is 0.375. The number of rotatable bonds is 2. The van der Waals surface area contributed by atoms with Crippen LogP contribution >= 0.6 is 0 Å². The maximum atomic E-state index is 5.93. The van der Waals surface area contributed by atoms with Gasteiger partial charge >= 0.3 is 0 Å². The van der Waals surface area contributed by atoms with E-state index in [0.29, 0.717) is 5.95 Å². The van der Waals surface area contributed by atoms with Crippen LogP contribution in [-0.2, 0) is 0 Å². The molecule has 0 spiro atoms. The second-order valence-electron chi connectivity index (χ2n) is 6.02. The summed E-state index contributed by atoms with van der Waals surface area (Å²) >= 11 is 0. The minimum Gasteiger partial charge on any atom is -0.368 e. The third kappa shape index (κ3) is 3.36. The number of aromatic nitrogens is 2. The Hall–Kier alpha value is -1.60. The molecule has 0 aliphatic carbocycles. The molecule has 0 amide bonds. The highest BCUT2D eigenvalue weighted by molar-refractivity contribution is 5.54. The monoisotopic (exact) mass is 291 g/mol. The molecule has 2 saturated heterocycles. The van der Waals surface area contributed by atoms with E-state index in [1.165, 1.54) is 0 Å². The number of likely N-dealkylation sites (N-methyl/N-ethyl adjacent to an activating group) is 2. The van der Waals surface area contributed by atoms with Crippen molar-refractivity contribution in [3.63, 3.8) is 0 Å². The third-order valence-corrected chi connectivity index (χ3v) is 4.37. The summed E-state index contributed by atoms with van der Waals surface area (Å²) in [5.41, 5.74) is 5.93. The van der Waals surface area contributed by atoms with E-state index in [2.05, 4.69) is 49.7 Å². The maximum absolute atomic E-state index is 5.93. The Bertz CT molecular complexity index is 436. The van der Waals surface area contributed by atoms with Crippen LogP contribution in [0.5, 0.6) is 0 Å². The molecule has 2 aliphatic heterocycles. The van der Waals surface area contributed by atoms with Crippen molar-refractivity contribution in [2.75, 3.05) is 82.0 Å². The molecule has 3 heterocycles. The van der Waals surface area contributed by atoms with E-state index in [1.54, 1.807) is 0 Å². The zero-order valence-corrected chi connectivity index (χ0v) is 13.0. The van der Waals surface area contributed by atoms with Crippen LogP contribution in [0.1, 0.15) is 0 Å². The van der Waals surface area contributed by atoms with Crippen molar-refractivity contribution >= 4 is 17.6 Å². The predicted octanol–water partition coefficient (Wildman–Crippen LogP) is -0.438. The van der Waals surface area contributed by atoms with E-state index in [1.807, 2.05) is 0 Å². The van der Waals surface area contributed by atoms with Gasteiger partial charge in [0.05, 0.1) is 0 Å². The molecule has 2 fully saturated rings. The van der Waals surface area contributed by atoms with Gasteiger partial charge in [0.25, 0.3) is 0 Å². The first-order valence-electron chi connectivity index (χ1n) is 7.63. The second kappa shape index (κ2) is 6.03. The Morgan fingerprint density at radius 2 is 1.14 bits per heavy atom. The molecule has 7 heteroatoms. The minimum atomic E-state index is 0.375. The lowest BCUT2D eigenvalue weighted by Gasteiger charge is -2.35. The molecule has 7 nitrogen and oxygen atoms in total. The van der Waals surface area contributed by atoms with E-state index in [-0.39, 0.29) is 0 Å². The largest absolute Gasteiger partial charge is 0.368 e. The average molecular weight is 291 g/mol. The summed E-state index contributed by atoms with van der Waals surface area (Å²) in [6.07, 6.45) is 0. The normalized spacial score (nSPS) is 21.8. The van der Waals surface area contributed by atoms with Gasteiger partial charge in [-0.05, 0) is 14.1 Å². The van der Waals surface area contributed by atoms with Crippen molar-refractivity contribution in [2.24, 2.45) is 0 Å². The van der Waals surface area contributed by atoms with Crippen LogP contribution in [-0.4, -0.2) is 86.2 Å². The number of piperazine rings is 2. The molecule has 0 atom stereocenters. The van der Waals surface area contributed by atoms with Gasteiger partial charge in [-0.2, -0.15) is 9.97 Å². The van der Waals surface area contributed by atoms with E-state index in [9.17, 15) is 0 Å². The van der Waals surface area contributed by atoms with Gasteiger partial charge in [0.1, 0.15) is 11.6 Å². The van der Waals surface area contributed by atoms with Crippen molar-refractivity contribution in [3.05, 3.63) is 6.07 Å². The molecule has 0 saturated carbocycles. The first kappa shape index (κ1) is 14.3. The lowest BCUT2D eigenvalue weighted by Crippen LogP contribution is -2.46. The van der Waals surface area contributed by atoms with Crippen LogP contribution < -0.4 is 15.5 Å². The number of hydrogen-bond acceptors (Lipinski definition) is 7. The quantitative estimate of drug-likeness (QED) is 0.792. The lowest BCUT2D eigenvalue weighted by atomic mass is 10.3. The van der Waals surface area contributed by atoms with Gasteiger partial charge < -0.3 is 25.3 Å². The summed E-state index contributed by atoms with van der Waals surface area (Å²) in [5, 5.41) is 0. The van der Waals surface area contributed by atoms with Crippen LogP contribution in [0.2, 0.25) is 0 Å². The third-order valence-electron chi connectivity index (χ3n) is 4.37. The van der Waals surface area contributed by atoms with Crippen molar-refractivity contribution < 1.29 is 0 Å². The molecule has 0 aromatic carbocycles. The zero-order valence-electron chi connectivity index (χ0n) is 13.0. The van der Waals surface area contributed by atoms with Crippen LogP contribution in [0, 0.1) is 0 Å². The SMILES string of the molecule is CN1CCN(c2cc(N3CCN(C)CC3)nc(N)n2)CC1. The van der Waals surface area contributed by atoms with E-state index < -0.39 is 0 Å². The second-order valence-corrected chi connectivity index (χ2v) is 6.02. The van der Waals surface area contributed by atoms with Gasteiger partial charge in [-0.1, -0.05) is 0 Å². The first-order valence-corrected chi connectivity index (χ1v) is 7.63. The van der Waals surface area contributed by atoms with Crippen molar-refractivity contribution in [1.29, 1.82) is 0 Å². The van der Waals surface area contributed by atoms with Crippen LogP contribution in [0.15, 0.2) is 6.07 Å². The van der Waals surface area contributed by atoms with Gasteiger partial charge in [-0.15, -0.1) is 0 Å². The van der Waals surface area contributed by atoms with E-state index in [0.717, 1.165) is 64.0 Å². The Morgan fingerprint density at radius 3 is 1.52 bits per heavy atom. The smallest absolute Gasteiger partial charge is 0.223 e. The summed E-state index contributed by atoms with van der Waals surface area (Å²) in [4.78, 5) is 18.1. The number of anilines is 3. The van der Waals surface area contributed by atoms with E-state index in [4.69, 9.17) is 5.73 Å². The highest BCUT2D eigenvalue weighted by Crippen LogP contribution is 2.22. The summed E-state index contributed by atoms with van der Waals surface area (Å²) in [6.45, 7) is 8.23. The zero-order chi connectivity index (χ0) is 14.8. The Morgan fingerprint density at radius 1 is 0.762 bits per heavy atom. The van der Waals surface area contributed by atoms with Crippen molar-refractivity contribution in [2.45, 2.75) is 0 Å². The van der Waals surface area contributed by atoms with Crippen LogP contribution in [0.4, 0.5) is 17.6 Å². The Kier molecular flexibility index (Phi) is 4.12. The van der Waals surface area contributed by atoms with Crippen molar-refractivity contribution in [1.82, 2.24) is 19.8 Å². The topological polar surface area (TPSA) is 64.8 Å². The standard InChI is InChI=1S/C14H25N7/c1-18-3-7-20(8-4-18)12-11-13(17-14(15)16-12)21-9-5-19(2)6-10-21/h11H,3-10H2,1-2H3,(H2,15,16,17). The summed E-state index contributed by atoms with van der Waals surface area (Å²) in [7, 11) is 4.31. The Balaban J connectivity index is 1.76. The molecule has 2 N–H and O–H groups in total. The summed E-state index contributed by atoms with van der Waals surface area (Å²) in [5.74, 6) is 2.30. The predicted molar refractivity (Wildman–Crippen MR) is 85.9 cm³/mol. The molecule has 0 bridgehead atoms.